The van der Waals surface area contributed by atoms with Gasteiger partial charge in [0, 0.05) is 35.0 Å². The van der Waals surface area contributed by atoms with E-state index in [1.165, 1.54) is 12.1 Å². The SMILES string of the molecule is O=[N+]([O-])c1ccc([O-])c(N=Nc2c([O-])ccc3ccccc23)c1.O=[N+]([O-])c1ccc([O-])c(N=Nc2c([O-])ccc3ccccc23)c1.[Co+3].[Na+]. The molecule has 16 heteroatoms. The molecule has 0 bridgehead atoms. The van der Waals surface area contributed by atoms with Gasteiger partial charge in [0.25, 0.3) is 11.4 Å². The van der Waals surface area contributed by atoms with Gasteiger partial charge in [0.1, 0.15) is 0 Å². The number of fused-ring (bicyclic) bond motifs is 2. The molecule has 0 saturated carbocycles. The molecule has 0 unspecified atom stereocenters. The first kappa shape index (κ1) is 37.0. The smallest absolute Gasteiger partial charge is 0.871 e. The standard InChI is InChI=1S/2C16H11N3O4.Co.Na/c2*20-14-8-6-11(19(22)23)9-13(14)17-18-16-12-4-2-1-3-10(12)5-7-15(16)21;;/h2*1-9,20-21H;;/q;;+3;+1/p-4. The van der Waals surface area contributed by atoms with Gasteiger partial charge in [-0.1, -0.05) is 108 Å². The summed E-state index contributed by atoms with van der Waals surface area (Å²) in [6.45, 7) is 0. The zero-order chi connectivity index (χ0) is 32.8. The number of non-ortho nitro benzene ring substituents is 2. The number of benzene rings is 6. The third-order valence-electron chi connectivity index (χ3n) is 6.55. The molecule has 14 nitrogen and oxygen atoms in total. The molecule has 0 aliphatic rings. The van der Waals surface area contributed by atoms with Crippen LogP contribution < -0.4 is 50.0 Å². The molecule has 0 aliphatic heterocycles. The van der Waals surface area contributed by atoms with Crippen LogP contribution in [0.15, 0.2) is 130 Å². The van der Waals surface area contributed by atoms with Crippen molar-refractivity contribution in [3.8, 4) is 23.0 Å². The fraction of sp³-hybridized carbons (Fsp3) is 0. The van der Waals surface area contributed by atoms with E-state index in [2.05, 4.69) is 20.5 Å². The Morgan fingerprint density at radius 2 is 0.812 bits per heavy atom. The Kier molecular flexibility index (Phi) is 12.6. The first-order valence-corrected chi connectivity index (χ1v) is 13.2. The monoisotopic (exact) mass is 696 g/mol. The molecular formula is C32H18CoN6NaO8. The molecule has 0 amide bonds. The van der Waals surface area contributed by atoms with E-state index in [4.69, 9.17) is 0 Å². The zero-order valence-electron chi connectivity index (χ0n) is 24.7. The molecule has 0 spiro atoms. The number of rotatable bonds is 6. The van der Waals surface area contributed by atoms with Crippen molar-refractivity contribution in [3.05, 3.63) is 129 Å². The Morgan fingerprint density at radius 1 is 0.458 bits per heavy atom. The summed E-state index contributed by atoms with van der Waals surface area (Å²) in [4.78, 5) is 20.2. The van der Waals surface area contributed by atoms with Gasteiger partial charge in [-0.3, -0.25) is 20.2 Å². The fourth-order valence-electron chi connectivity index (χ4n) is 4.28. The molecule has 234 valence electrons. The zero-order valence-corrected chi connectivity index (χ0v) is 27.7. The van der Waals surface area contributed by atoms with Gasteiger partial charge in [0.2, 0.25) is 0 Å². The van der Waals surface area contributed by atoms with Crippen LogP contribution >= 0.6 is 0 Å². The number of azo groups is 2. The second-order valence-electron chi connectivity index (χ2n) is 9.49. The number of nitrogens with zero attached hydrogens (tertiary/aromatic N) is 6. The summed E-state index contributed by atoms with van der Waals surface area (Å²) in [6, 6.07) is 26.7. The van der Waals surface area contributed by atoms with E-state index in [1.54, 1.807) is 36.4 Å². The van der Waals surface area contributed by atoms with Crippen LogP contribution in [0.1, 0.15) is 0 Å². The van der Waals surface area contributed by atoms with Crippen molar-refractivity contribution in [3.63, 3.8) is 0 Å². The van der Waals surface area contributed by atoms with Crippen molar-refractivity contribution < 1.29 is 76.6 Å². The summed E-state index contributed by atoms with van der Waals surface area (Å²) < 4.78 is 0. The van der Waals surface area contributed by atoms with Gasteiger partial charge in [-0.15, -0.1) is 0 Å². The van der Waals surface area contributed by atoms with Crippen molar-refractivity contribution in [2.45, 2.75) is 0 Å². The Balaban J connectivity index is 0.000000250. The van der Waals surface area contributed by atoms with E-state index in [0.29, 0.717) is 10.8 Å². The maximum Gasteiger partial charge on any atom is 3.00 e. The normalized spacial score (nSPS) is 10.7. The van der Waals surface area contributed by atoms with Gasteiger partial charge in [0.15, 0.2) is 0 Å². The molecular weight excluding hydrogens is 678 g/mol. The first-order chi connectivity index (χ1) is 22.1. The molecule has 0 aromatic heterocycles. The third-order valence-corrected chi connectivity index (χ3v) is 6.55. The van der Waals surface area contributed by atoms with Crippen molar-refractivity contribution in [2.24, 2.45) is 20.5 Å². The van der Waals surface area contributed by atoms with Crippen molar-refractivity contribution in [2.75, 3.05) is 0 Å². The topological polar surface area (TPSA) is 228 Å². The Bertz CT molecular complexity index is 2040. The third kappa shape index (κ3) is 8.47. The van der Waals surface area contributed by atoms with Crippen LogP contribution in [0, 0.1) is 20.2 Å². The van der Waals surface area contributed by atoms with E-state index in [-0.39, 0.29) is 92.0 Å². The molecule has 0 heterocycles. The van der Waals surface area contributed by atoms with Gasteiger partial charge in [-0.25, -0.2) is 0 Å². The Hall–Kier alpha value is -5.45. The summed E-state index contributed by atoms with van der Waals surface area (Å²) in [5.74, 6) is -1.70. The van der Waals surface area contributed by atoms with Gasteiger partial charge in [-0.05, 0) is 10.8 Å². The number of hydrogen-bond donors (Lipinski definition) is 0. The maximum absolute atomic E-state index is 12.0. The minimum absolute atomic E-state index is 0. The van der Waals surface area contributed by atoms with E-state index in [1.807, 2.05) is 24.3 Å². The largest absolute Gasteiger partial charge is 3.00 e. The van der Waals surface area contributed by atoms with Gasteiger partial charge < -0.3 is 20.4 Å². The molecule has 0 saturated heterocycles. The summed E-state index contributed by atoms with van der Waals surface area (Å²) >= 11 is 0. The molecule has 6 aromatic rings. The summed E-state index contributed by atoms with van der Waals surface area (Å²) in [5.41, 5.74) is -0.723. The summed E-state index contributed by atoms with van der Waals surface area (Å²) in [6.07, 6.45) is 0. The molecule has 48 heavy (non-hydrogen) atoms. The summed E-state index contributed by atoms with van der Waals surface area (Å²) in [5, 5.41) is 86.9. The van der Waals surface area contributed by atoms with Crippen molar-refractivity contribution in [1.29, 1.82) is 0 Å². The number of hydrogen-bond acceptors (Lipinski definition) is 12. The number of nitro groups is 2. The van der Waals surface area contributed by atoms with Crippen LogP contribution in [-0.4, -0.2) is 9.85 Å². The van der Waals surface area contributed by atoms with Crippen LogP contribution in [0.2, 0.25) is 0 Å². The minimum atomic E-state index is -0.630. The molecule has 0 aliphatic carbocycles. The molecule has 6 rings (SSSR count). The van der Waals surface area contributed by atoms with Crippen molar-refractivity contribution >= 4 is 55.7 Å². The Labute approximate surface area is 303 Å². The fourth-order valence-corrected chi connectivity index (χ4v) is 4.28. The van der Waals surface area contributed by atoms with Gasteiger partial charge >= 0.3 is 46.3 Å². The second-order valence-corrected chi connectivity index (χ2v) is 9.49. The van der Waals surface area contributed by atoms with E-state index in [9.17, 15) is 40.7 Å². The van der Waals surface area contributed by atoms with Crippen molar-refractivity contribution in [1.82, 2.24) is 0 Å². The quantitative estimate of drug-likeness (QED) is 0.108. The molecule has 0 fully saturated rings. The average Bonchev–Trinajstić information content (AvgIpc) is 3.05. The van der Waals surface area contributed by atoms with E-state index >= 15 is 0 Å². The minimum Gasteiger partial charge on any atom is -0.871 e. The summed E-state index contributed by atoms with van der Waals surface area (Å²) in [7, 11) is 0. The van der Waals surface area contributed by atoms with E-state index in [0.717, 1.165) is 47.2 Å². The van der Waals surface area contributed by atoms with Crippen LogP contribution in [-0.2, 0) is 16.8 Å². The predicted molar refractivity (Wildman–Crippen MR) is 160 cm³/mol. The maximum atomic E-state index is 12.0. The van der Waals surface area contributed by atoms with Gasteiger partial charge in [-0.2, -0.15) is 20.5 Å². The number of nitro benzene ring substituents is 2. The van der Waals surface area contributed by atoms with Crippen LogP contribution in [0.3, 0.4) is 0 Å². The predicted octanol–water partition coefficient (Wildman–Crippen LogP) is 3.62. The molecule has 0 atom stereocenters. The molecule has 0 radical (unpaired) electrons. The first-order valence-electron chi connectivity index (χ1n) is 13.2. The van der Waals surface area contributed by atoms with Crippen LogP contribution in [0.5, 0.6) is 23.0 Å². The second kappa shape index (κ2) is 16.4. The molecule has 0 N–H and O–H groups in total. The molecule has 6 aromatic carbocycles. The Morgan fingerprint density at radius 3 is 1.19 bits per heavy atom. The van der Waals surface area contributed by atoms with E-state index < -0.39 is 21.3 Å². The van der Waals surface area contributed by atoms with Crippen LogP contribution in [0.4, 0.5) is 34.1 Å². The van der Waals surface area contributed by atoms with Crippen LogP contribution in [0.25, 0.3) is 21.5 Å². The average molecular weight is 696 g/mol. The van der Waals surface area contributed by atoms with Gasteiger partial charge in [0.05, 0.1) is 32.6 Å².